The van der Waals surface area contributed by atoms with Crippen LogP contribution in [0.5, 0.6) is 0 Å². The number of nitrogens with one attached hydrogen (secondary N) is 1. The second kappa shape index (κ2) is 9.20. The number of unbranched alkanes of at least 4 members (excludes halogenated alkanes) is 1. The number of fused-ring (bicyclic) bond motifs is 1. The first-order chi connectivity index (χ1) is 15.0. The van der Waals surface area contributed by atoms with Gasteiger partial charge in [0, 0.05) is 24.9 Å². The molecule has 5 atom stereocenters. The highest BCUT2D eigenvalue weighted by Gasteiger charge is 2.73. The molecule has 0 saturated carbocycles. The topological polar surface area (TPSA) is 95.9 Å². The number of benzene rings is 1. The standard InChI is InChI=1S/C23H30N2O5S/c1-2-30-22(29)17-16-10-11-23(31-16)18(17)21(28)25(12-6-7-13-26)19(23)20(27)24-14-15-8-4-3-5-9-15/h3-5,8-9,16-19,26H,2,6-7,10-14H2,1H3,(H,24,27)/t16-,17+,18-,19?,23?/m0/s1. The van der Waals surface area contributed by atoms with E-state index in [-0.39, 0.29) is 36.2 Å². The molecular weight excluding hydrogens is 416 g/mol. The van der Waals surface area contributed by atoms with Gasteiger partial charge < -0.3 is 20.1 Å². The predicted molar refractivity (Wildman–Crippen MR) is 117 cm³/mol. The average Bonchev–Trinajstić information content (AvgIpc) is 3.41. The molecule has 1 aromatic rings. The zero-order valence-corrected chi connectivity index (χ0v) is 18.6. The largest absolute Gasteiger partial charge is 0.466 e. The highest BCUT2D eigenvalue weighted by molar-refractivity contribution is 8.02. The number of thioether (sulfide) groups is 1. The number of carbonyl (C=O) groups excluding carboxylic acids is 3. The van der Waals surface area contributed by atoms with Crippen LogP contribution in [0.2, 0.25) is 0 Å². The molecule has 2 amide bonds. The summed E-state index contributed by atoms with van der Waals surface area (Å²) in [5, 5.41) is 12.2. The van der Waals surface area contributed by atoms with Crippen LogP contribution in [0.3, 0.4) is 0 Å². The van der Waals surface area contributed by atoms with Gasteiger partial charge in [0.05, 0.1) is 23.2 Å². The summed E-state index contributed by atoms with van der Waals surface area (Å²) in [5.41, 5.74) is 0.994. The molecule has 2 bridgehead atoms. The van der Waals surface area contributed by atoms with E-state index in [9.17, 15) is 19.5 Å². The Kier molecular flexibility index (Phi) is 6.57. The monoisotopic (exact) mass is 446 g/mol. The summed E-state index contributed by atoms with van der Waals surface area (Å²) in [5.74, 6) is -1.61. The predicted octanol–water partition coefficient (Wildman–Crippen LogP) is 1.73. The molecule has 0 radical (unpaired) electrons. The van der Waals surface area contributed by atoms with E-state index >= 15 is 0 Å². The number of ether oxygens (including phenoxy) is 1. The summed E-state index contributed by atoms with van der Waals surface area (Å²) in [6.07, 6.45) is 2.74. The third kappa shape index (κ3) is 3.84. The highest BCUT2D eigenvalue weighted by atomic mass is 32.2. The van der Waals surface area contributed by atoms with Crippen LogP contribution in [-0.4, -0.2) is 63.6 Å². The van der Waals surface area contributed by atoms with Gasteiger partial charge in [-0.1, -0.05) is 30.3 Å². The molecule has 168 valence electrons. The van der Waals surface area contributed by atoms with Gasteiger partial charge in [0.25, 0.3) is 0 Å². The van der Waals surface area contributed by atoms with Crippen molar-refractivity contribution in [3.8, 4) is 0 Å². The molecular formula is C23H30N2O5S. The van der Waals surface area contributed by atoms with Crippen LogP contribution in [0, 0.1) is 11.8 Å². The number of nitrogens with zero attached hydrogens (tertiary/aromatic N) is 1. The Morgan fingerprint density at radius 2 is 2.06 bits per heavy atom. The normalized spacial score (nSPS) is 31.0. The lowest BCUT2D eigenvalue weighted by Gasteiger charge is -2.34. The van der Waals surface area contributed by atoms with Crippen molar-refractivity contribution in [3.63, 3.8) is 0 Å². The molecule has 1 spiro atoms. The Bertz CT molecular complexity index is 835. The number of aliphatic hydroxyl groups is 1. The quantitative estimate of drug-likeness (QED) is 0.443. The fourth-order valence-electron chi connectivity index (χ4n) is 5.48. The number of likely N-dealkylation sites (tertiary alicyclic amines) is 1. The van der Waals surface area contributed by atoms with Gasteiger partial charge in [-0.15, -0.1) is 11.8 Å². The molecule has 1 aromatic carbocycles. The number of amides is 2. The van der Waals surface area contributed by atoms with Crippen molar-refractivity contribution < 1.29 is 24.2 Å². The summed E-state index contributed by atoms with van der Waals surface area (Å²) in [4.78, 5) is 41.4. The van der Waals surface area contributed by atoms with Crippen LogP contribution < -0.4 is 5.32 Å². The Balaban J connectivity index is 1.60. The van der Waals surface area contributed by atoms with Gasteiger partial charge in [-0.05, 0) is 38.2 Å². The molecule has 8 heteroatoms. The number of rotatable bonds is 9. The second-order valence-electron chi connectivity index (χ2n) is 8.47. The van der Waals surface area contributed by atoms with Crippen LogP contribution >= 0.6 is 11.8 Å². The van der Waals surface area contributed by atoms with Crippen LogP contribution in [0.25, 0.3) is 0 Å². The van der Waals surface area contributed by atoms with Crippen LogP contribution in [0.15, 0.2) is 30.3 Å². The van der Waals surface area contributed by atoms with Crippen molar-refractivity contribution in [2.24, 2.45) is 11.8 Å². The van der Waals surface area contributed by atoms with E-state index in [0.29, 0.717) is 25.9 Å². The molecule has 3 aliphatic rings. The zero-order valence-electron chi connectivity index (χ0n) is 17.8. The van der Waals surface area contributed by atoms with E-state index in [1.807, 2.05) is 30.3 Å². The van der Waals surface area contributed by atoms with Gasteiger partial charge in [-0.25, -0.2) is 0 Å². The number of esters is 1. The van der Waals surface area contributed by atoms with E-state index in [1.165, 1.54) is 0 Å². The van der Waals surface area contributed by atoms with E-state index < -0.39 is 22.6 Å². The lowest BCUT2D eigenvalue weighted by Crippen LogP contribution is -2.53. The molecule has 3 heterocycles. The van der Waals surface area contributed by atoms with Crippen molar-refractivity contribution >= 4 is 29.5 Å². The minimum atomic E-state index is -0.609. The van der Waals surface area contributed by atoms with Crippen molar-refractivity contribution in [1.82, 2.24) is 10.2 Å². The van der Waals surface area contributed by atoms with Gasteiger partial charge in [0.1, 0.15) is 6.04 Å². The van der Waals surface area contributed by atoms with Crippen molar-refractivity contribution in [2.45, 2.75) is 55.2 Å². The lowest BCUT2D eigenvalue weighted by atomic mass is 9.71. The molecule has 0 aromatic heterocycles. The zero-order chi connectivity index (χ0) is 22.0. The molecule has 2 N–H and O–H groups in total. The molecule has 0 aliphatic carbocycles. The van der Waals surface area contributed by atoms with Gasteiger partial charge in [0.2, 0.25) is 11.8 Å². The number of aliphatic hydroxyl groups excluding tert-OH is 1. The first kappa shape index (κ1) is 22.1. The molecule has 4 rings (SSSR count). The second-order valence-corrected chi connectivity index (χ2v) is 10.1. The van der Waals surface area contributed by atoms with Crippen LogP contribution in [0.1, 0.15) is 38.2 Å². The minimum absolute atomic E-state index is 0.0250. The van der Waals surface area contributed by atoms with Gasteiger partial charge in [-0.2, -0.15) is 0 Å². The lowest BCUT2D eigenvalue weighted by molar-refractivity contribution is -0.153. The Hall–Kier alpha value is -2.06. The van der Waals surface area contributed by atoms with E-state index in [0.717, 1.165) is 18.4 Å². The molecule has 3 aliphatic heterocycles. The summed E-state index contributed by atoms with van der Waals surface area (Å²) in [6, 6.07) is 9.07. The van der Waals surface area contributed by atoms with Gasteiger partial charge in [0.15, 0.2) is 0 Å². The first-order valence-corrected chi connectivity index (χ1v) is 12.0. The Labute approximate surface area is 186 Å². The molecule has 3 saturated heterocycles. The number of hydrogen-bond donors (Lipinski definition) is 2. The molecule has 2 unspecified atom stereocenters. The van der Waals surface area contributed by atoms with Crippen molar-refractivity contribution in [3.05, 3.63) is 35.9 Å². The highest BCUT2D eigenvalue weighted by Crippen LogP contribution is 2.66. The SMILES string of the molecule is CCOC(=O)[C@@H]1[C@@H]2CCC3(S2)C(C(=O)NCc2ccccc2)N(CCCCO)C(=O)[C@H]13. The maximum atomic E-state index is 13.5. The first-order valence-electron chi connectivity index (χ1n) is 11.1. The van der Waals surface area contributed by atoms with Crippen LogP contribution in [-0.2, 0) is 25.7 Å². The minimum Gasteiger partial charge on any atom is -0.466 e. The maximum Gasteiger partial charge on any atom is 0.310 e. The summed E-state index contributed by atoms with van der Waals surface area (Å²) < 4.78 is 4.73. The van der Waals surface area contributed by atoms with Crippen LogP contribution in [0.4, 0.5) is 0 Å². The number of carbonyl (C=O) groups is 3. The molecule has 7 nitrogen and oxygen atoms in total. The van der Waals surface area contributed by atoms with E-state index in [1.54, 1.807) is 23.6 Å². The number of hydrogen-bond acceptors (Lipinski definition) is 6. The third-order valence-electron chi connectivity index (χ3n) is 6.72. The van der Waals surface area contributed by atoms with Crippen molar-refractivity contribution in [1.29, 1.82) is 0 Å². The van der Waals surface area contributed by atoms with E-state index in [2.05, 4.69) is 5.32 Å². The third-order valence-corrected chi connectivity index (χ3v) is 8.68. The maximum absolute atomic E-state index is 13.5. The smallest absolute Gasteiger partial charge is 0.310 e. The van der Waals surface area contributed by atoms with Gasteiger partial charge in [-0.3, -0.25) is 14.4 Å². The molecule has 31 heavy (non-hydrogen) atoms. The Morgan fingerprint density at radius 3 is 2.77 bits per heavy atom. The Morgan fingerprint density at radius 1 is 1.29 bits per heavy atom. The fraction of sp³-hybridized carbons (Fsp3) is 0.609. The summed E-state index contributed by atoms with van der Waals surface area (Å²) in [6.45, 7) is 2.89. The summed E-state index contributed by atoms with van der Waals surface area (Å²) in [7, 11) is 0. The van der Waals surface area contributed by atoms with Gasteiger partial charge >= 0.3 is 5.97 Å². The molecule has 3 fully saturated rings. The van der Waals surface area contributed by atoms with E-state index in [4.69, 9.17) is 4.74 Å². The average molecular weight is 447 g/mol. The fourth-order valence-corrected chi connectivity index (χ4v) is 7.68. The van der Waals surface area contributed by atoms with Crippen molar-refractivity contribution in [2.75, 3.05) is 19.8 Å². The summed E-state index contributed by atoms with van der Waals surface area (Å²) >= 11 is 1.64.